The first-order valence-corrected chi connectivity index (χ1v) is 7.97. The van der Waals surface area contributed by atoms with Crippen LogP contribution in [0.5, 0.6) is 17.4 Å². The molecule has 0 unspecified atom stereocenters. The summed E-state index contributed by atoms with van der Waals surface area (Å²) >= 11 is 5.84. The molecule has 3 rings (SSSR count). The van der Waals surface area contributed by atoms with Gasteiger partial charge in [0, 0.05) is 17.2 Å². The van der Waals surface area contributed by atoms with Gasteiger partial charge in [0.1, 0.15) is 18.1 Å². The van der Waals surface area contributed by atoms with E-state index in [2.05, 4.69) is 0 Å². The van der Waals surface area contributed by atoms with Crippen LogP contribution < -0.4 is 15.0 Å². The van der Waals surface area contributed by atoms with Gasteiger partial charge in [-0.1, -0.05) is 23.7 Å². The van der Waals surface area contributed by atoms with Crippen molar-refractivity contribution in [2.75, 3.05) is 0 Å². The van der Waals surface area contributed by atoms with Crippen molar-refractivity contribution in [3.63, 3.8) is 0 Å². The van der Waals surface area contributed by atoms with Crippen molar-refractivity contribution in [2.24, 2.45) is 0 Å². The largest absolute Gasteiger partial charge is 0.472 e. The van der Waals surface area contributed by atoms with Crippen molar-refractivity contribution < 1.29 is 14.7 Å². The molecule has 0 aliphatic heterocycles. The first kappa shape index (κ1) is 16.9. The lowest BCUT2D eigenvalue weighted by molar-refractivity contribution is 0.126. The smallest absolute Gasteiger partial charge is 0.286 e. The van der Waals surface area contributed by atoms with E-state index < -0.39 is 5.56 Å². The molecule has 25 heavy (non-hydrogen) atoms. The fourth-order valence-electron chi connectivity index (χ4n) is 2.21. The molecule has 0 spiro atoms. The van der Waals surface area contributed by atoms with Gasteiger partial charge in [-0.3, -0.25) is 4.79 Å². The third-order valence-corrected chi connectivity index (χ3v) is 3.73. The van der Waals surface area contributed by atoms with Crippen LogP contribution in [0.2, 0.25) is 5.02 Å². The normalized spacial score (nSPS) is 10.5. The van der Waals surface area contributed by atoms with Crippen molar-refractivity contribution in [2.45, 2.75) is 13.5 Å². The molecule has 0 bridgehead atoms. The van der Waals surface area contributed by atoms with Gasteiger partial charge in [0.15, 0.2) is 0 Å². The van der Waals surface area contributed by atoms with Gasteiger partial charge in [-0.05, 0) is 54.4 Å². The topological polar surface area (TPSA) is 60.7 Å². The summed E-state index contributed by atoms with van der Waals surface area (Å²) in [7, 11) is 0. The summed E-state index contributed by atoms with van der Waals surface area (Å²) in [4.78, 5) is 11.5. The van der Waals surface area contributed by atoms with Gasteiger partial charge < -0.3 is 14.7 Å². The second-order valence-electron chi connectivity index (χ2n) is 5.51. The first-order valence-electron chi connectivity index (χ1n) is 7.59. The van der Waals surface area contributed by atoms with Gasteiger partial charge >= 0.3 is 0 Å². The number of halogens is 1. The Balaban J connectivity index is 1.65. The number of rotatable bonds is 5. The summed E-state index contributed by atoms with van der Waals surface area (Å²) in [5.74, 6) is 1.48. The maximum absolute atomic E-state index is 11.5. The molecule has 0 amide bonds. The molecule has 0 radical (unpaired) electrons. The number of aromatic nitrogens is 1. The van der Waals surface area contributed by atoms with Crippen molar-refractivity contribution in [3.05, 3.63) is 87.2 Å². The average molecular weight is 358 g/mol. The van der Waals surface area contributed by atoms with Crippen LogP contribution in [-0.4, -0.2) is 9.94 Å². The minimum Gasteiger partial charge on any atom is -0.472 e. The van der Waals surface area contributed by atoms with Crippen molar-refractivity contribution in [3.8, 4) is 17.4 Å². The van der Waals surface area contributed by atoms with Crippen LogP contribution in [0.1, 0.15) is 11.1 Å². The molecular formula is C19H16ClNO4. The lowest BCUT2D eigenvalue weighted by atomic mass is 10.2. The molecule has 3 aromatic rings. The fraction of sp³-hybridized carbons (Fsp3) is 0.105. The van der Waals surface area contributed by atoms with E-state index in [1.165, 1.54) is 6.07 Å². The molecule has 0 atom stereocenters. The zero-order chi connectivity index (χ0) is 17.8. The molecule has 1 N–H and O–H groups in total. The lowest BCUT2D eigenvalue weighted by Crippen LogP contribution is -2.19. The Morgan fingerprint density at radius 3 is 2.24 bits per heavy atom. The molecule has 1 heterocycles. The molecule has 128 valence electrons. The molecule has 2 aromatic carbocycles. The van der Waals surface area contributed by atoms with E-state index in [9.17, 15) is 10.0 Å². The van der Waals surface area contributed by atoms with E-state index in [4.69, 9.17) is 21.1 Å². The molecular weight excluding hydrogens is 342 g/mol. The number of nitrogens with zero attached hydrogens (tertiary/aromatic N) is 1. The van der Waals surface area contributed by atoms with E-state index >= 15 is 0 Å². The zero-order valence-corrected chi connectivity index (χ0v) is 14.2. The molecule has 0 aliphatic rings. The molecule has 0 saturated heterocycles. The Morgan fingerprint density at radius 1 is 1.00 bits per heavy atom. The highest BCUT2D eigenvalue weighted by molar-refractivity contribution is 6.30. The van der Waals surface area contributed by atoms with E-state index in [0.717, 1.165) is 11.1 Å². The summed E-state index contributed by atoms with van der Waals surface area (Å²) < 4.78 is 11.7. The van der Waals surface area contributed by atoms with Crippen LogP contribution in [0.25, 0.3) is 0 Å². The van der Waals surface area contributed by atoms with Crippen molar-refractivity contribution in [1.29, 1.82) is 0 Å². The monoisotopic (exact) mass is 357 g/mol. The molecule has 1 aromatic heterocycles. The van der Waals surface area contributed by atoms with E-state index in [0.29, 0.717) is 21.3 Å². The Kier molecular flexibility index (Phi) is 4.95. The number of pyridine rings is 1. The van der Waals surface area contributed by atoms with Gasteiger partial charge in [0.2, 0.25) is 5.88 Å². The van der Waals surface area contributed by atoms with Crippen LogP contribution in [0, 0.1) is 6.92 Å². The van der Waals surface area contributed by atoms with Crippen molar-refractivity contribution in [1.82, 2.24) is 4.73 Å². The van der Waals surface area contributed by atoms with Gasteiger partial charge in [-0.25, -0.2) is 0 Å². The highest BCUT2D eigenvalue weighted by Crippen LogP contribution is 2.23. The van der Waals surface area contributed by atoms with Crippen LogP contribution in [0.3, 0.4) is 0 Å². The van der Waals surface area contributed by atoms with Gasteiger partial charge in [0.05, 0.1) is 0 Å². The number of hydrogen-bond acceptors (Lipinski definition) is 4. The SMILES string of the molecule is Cc1cc(OCc2ccc(Oc3ccc(Cl)cc3)cc2)n(O)c(=O)c1. The molecule has 5 nitrogen and oxygen atoms in total. The van der Waals surface area contributed by atoms with Gasteiger partial charge in [0.25, 0.3) is 5.56 Å². The minimum atomic E-state index is -0.526. The number of aryl methyl sites for hydroxylation is 1. The Bertz CT molecular complexity index is 918. The molecule has 0 saturated carbocycles. The molecule has 6 heteroatoms. The predicted octanol–water partition coefficient (Wildman–Crippen LogP) is 4.42. The van der Waals surface area contributed by atoms with E-state index in [1.807, 2.05) is 24.3 Å². The van der Waals surface area contributed by atoms with E-state index in [-0.39, 0.29) is 12.5 Å². The third kappa shape index (κ3) is 4.33. The predicted molar refractivity (Wildman–Crippen MR) is 94.9 cm³/mol. The number of benzene rings is 2. The molecule has 0 fully saturated rings. The number of hydrogen-bond donors (Lipinski definition) is 1. The standard InChI is InChI=1S/C19H16ClNO4/c1-13-10-18(22)21(23)19(11-13)24-12-14-2-6-16(7-3-14)25-17-8-4-15(20)5-9-17/h2-11,23H,12H2,1H3. The summed E-state index contributed by atoms with van der Waals surface area (Å²) in [6.45, 7) is 1.97. The highest BCUT2D eigenvalue weighted by Gasteiger charge is 2.06. The Morgan fingerprint density at radius 2 is 1.60 bits per heavy atom. The average Bonchev–Trinajstić information content (AvgIpc) is 2.60. The summed E-state index contributed by atoms with van der Waals surface area (Å²) in [5.41, 5.74) is 1.07. The molecule has 0 aliphatic carbocycles. The zero-order valence-electron chi connectivity index (χ0n) is 13.5. The second-order valence-corrected chi connectivity index (χ2v) is 5.95. The quantitative estimate of drug-likeness (QED) is 0.687. The van der Waals surface area contributed by atoms with Crippen LogP contribution in [-0.2, 0) is 6.61 Å². The third-order valence-electron chi connectivity index (χ3n) is 3.48. The maximum Gasteiger partial charge on any atom is 0.286 e. The Hall–Kier alpha value is -2.92. The summed E-state index contributed by atoms with van der Waals surface area (Å²) in [6, 6.07) is 17.3. The van der Waals surface area contributed by atoms with Crippen LogP contribution in [0.4, 0.5) is 0 Å². The van der Waals surface area contributed by atoms with Crippen LogP contribution >= 0.6 is 11.6 Å². The van der Waals surface area contributed by atoms with E-state index in [1.54, 1.807) is 37.3 Å². The minimum absolute atomic E-state index is 0.103. The van der Waals surface area contributed by atoms with Gasteiger partial charge in [-0.15, -0.1) is 4.73 Å². The maximum atomic E-state index is 11.5. The highest BCUT2D eigenvalue weighted by atomic mass is 35.5. The summed E-state index contributed by atoms with van der Waals surface area (Å²) in [6.07, 6.45) is 0. The lowest BCUT2D eigenvalue weighted by Gasteiger charge is -2.10. The van der Waals surface area contributed by atoms with Crippen LogP contribution in [0.15, 0.2) is 65.5 Å². The van der Waals surface area contributed by atoms with Gasteiger partial charge in [-0.2, -0.15) is 0 Å². The Labute approximate surface area is 149 Å². The van der Waals surface area contributed by atoms with Crippen molar-refractivity contribution >= 4 is 11.6 Å². The first-order chi connectivity index (χ1) is 12.0. The second kappa shape index (κ2) is 7.32. The number of ether oxygens (including phenoxy) is 2. The summed E-state index contributed by atoms with van der Waals surface area (Å²) in [5, 5.41) is 10.3. The fourth-order valence-corrected chi connectivity index (χ4v) is 2.34.